The molecule has 5 nitrogen and oxygen atoms in total. The fourth-order valence-corrected chi connectivity index (χ4v) is 3.66. The summed E-state index contributed by atoms with van der Waals surface area (Å²) in [5.74, 6) is -0.357. The van der Waals surface area contributed by atoms with Crippen molar-refractivity contribution in [2.24, 2.45) is 0 Å². The first-order valence-corrected chi connectivity index (χ1v) is 10.1. The first kappa shape index (κ1) is 22.7. The number of Topliss-reactive ketones (excluding diaryl/α,β-unsaturated/α-hetero) is 1. The number of alkyl halides is 3. The molecule has 31 heavy (non-hydrogen) atoms. The Labute approximate surface area is 179 Å². The van der Waals surface area contributed by atoms with Gasteiger partial charge in [0, 0.05) is 25.9 Å². The van der Waals surface area contributed by atoms with E-state index < -0.39 is 17.6 Å². The molecule has 1 amide bonds. The third kappa shape index (κ3) is 5.57. The zero-order chi connectivity index (χ0) is 22.6. The fourth-order valence-electron chi connectivity index (χ4n) is 3.66. The molecule has 1 aliphatic heterocycles. The number of amides is 1. The molecule has 1 fully saturated rings. The second-order valence-corrected chi connectivity index (χ2v) is 7.60. The van der Waals surface area contributed by atoms with E-state index in [-0.39, 0.29) is 24.3 Å². The van der Waals surface area contributed by atoms with E-state index in [4.69, 9.17) is 4.74 Å². The lowest BCUT2D eigenvalue weighted by Crippen LogP contribution is -2.22. The van der Waals surface area contributed by atoms with E-state index in [1.165, 1.54) is 13.2 Å². The summed E-state index contributed by atoms with van der Waals surface area (Å²) in [5.41, 5.74) is 1.11. The quantitative estimate of drug-likeness (QED) is 0.607. The van der Waals surface area contributed by atoms with Crippen LogP contribution in [0.15, 0.2) is 36.4 Å². The number of halogens is 3. The van der Waals surface area contributed by atoms with Gasteiger partial charge in [-0.3, -0.25) is 9.59 Å². The van der Waals surface area contributed by atoms with Crippen LogP contribution in [0.3, 0.4) is 0 Å². The van der Waals surface area contributed by atoms with Gasteiger partial charge < -0.3 is 15.0 Å². The highest BCUT2D eigenvalue weighted by molar-refractivity contribution is 6.02. The van der Waals surface area contributed by atoms with Gasteiger partial charge in [-0.05, 0) is 50.1 Å². The fraction of sp³-hybridized carbons (Fsp3) is 0.391. The summed E-state index contributed by atoms with van der Waals surface area (Å²) in [6.07, 6.45) is -2.85. The molecule has 2 aromatic rings. The Morgan fingerprint density at radius 2 is 1.77 bits per heavy atom. The summed E-state index contributed by atoms with van der Waals surface area (Å²) < 4.78 is 44.7. The van der Waals surface area contributed by atoms with Gasteiger partial charge in [-0.25, -0.2) is 0 Å². The monoisotopic (exact) mass is 434 g/mol. The van der Waals surface area contributed by atoms with Crippen molar-refractivity contribution in [1.82, 2.24) is 0 Å². The molecule has 1 saturated heterocycles. The smallest absolute Gasteiger partial charge is 0.416 e. The Balaban J connectivity index is 1.73. The van der Waals surface area contributed by atoms with Crippen molar-refractivity contribution < 1.29 is 27.5 Å². The molecule has 0 saturated carbocycles. The van der Waals surface area contributed by atoms with Crippen molar-refractivity contribution in [1.29, 1.82) is 0 Å². The van der Waals surface area contributed by atoms with Gasteiger partial charge in [0.25, 0.3) is 0 Å². The molecule has 0 aromatic heterocycles. The maximum absolute atomic E-state index is 13.2. The Kier molecular flexibility index (Phi) is 6.87. The van der Waals surface area contributed by atoms with Crippen molar-refractivity contribution >= 4 is 23.1 Å². The number of carbonyl (C=O) groups excluding carboxylic acids is 2. The first-order chi connectivity index (χ1) is 14.7. The molecule has 0 atom stereocenters. The number of aryl methyl sites for hydroxylation is 1. The summed E-state index contributed by atoms with van der Waals surface area (Å²) >= 11 is 0. The summed E-state index contributed by atoms with van der Waals surface area (Å²) in [7, 11) is 1.46. The molecule has 1 aliphatic rings. The zero-order valence-electron chi connectivity index (χ0n) is 17.5. The standard InChI is InChI=1S/C23H25F3N2O3/c1-15-5-9-21(31-2)17(13-15)20(29)8-10-22(30)27-18-14-16(23(24,25)26)6-7-19(18)28-11-3-4-12-28/h5-7,9,13-14H,3-4,8,10-12H2,1-2H3,(H,27,30). The van der Waals surface area contributed by atoms with Gasteiger partial charge >= 0.3 is 6.18 Å². The summed E-state index contributed by atoms with van der Waals surface area (Å²) in [4.78, 5) is 27.0. The Morgan fingerprint density at radius 1 is 1.06 bits per heavy atom. The van der Waals surface area contributed by atoms with E-state index in [0.29, 0.717) is 17.0 Å². The number of ether oxygens (including phenoxy) is 1. The zero-order valence-corrected chi connectivity index (χ0v) is 17.5. The average Bonchev–Trinajstić information content (AvgIpc) is 3.26. The van der Waals surface area contributed by atoms with E-state index in [0.717, 1.165) is 43.6 Å². The van der Waals surface area contributed by atoms with E-state index >= 15 is 0 Å². The van der Waals surface area contributed by atoms with Gasteiger partial charge in [-0.1, -0.05) is 11.6 Å². The van der Waals surface area contributed by atoms with Gasteiger partial charge in [0.15, 0.2) is 5.78 Å². The average molecular weight is 434 g/mol. The van der Waals surface area contributed by atoms with Gasteiger partial charge in [0.2, 0.25) is 5.91 Å². The molecule has 0 bridgehead atoms. The Morgan fingerprint density at radius 3 is 2.42 bits per heavy atom. The molecular weight excluding hydrogens is 409 g/mol. The number of rotatable bonds is 7. The van der Waals surface area contributed by atoms with Crippen LogP contribution in [-0.4, -0.2) is 31.9 Å². The maximum Gasteiger partial charge on any atom is 0.416 e. The van der Waals surface area contributed by atoms with E-state index in [2.05, 4.69) is 5.32 Å². The SMILES string of the molecule is COc1ccc(C)cc1C(=O)CCC(=O)Nc1cc(C(F)(F)F)ccc1N1CCCC1. The number of ketones is 1. The van der Waals surface area contributed by atoms with E-state index in [1.807, 2.05) is 17.9 Å². The van der Waals surface area contributed by atoms with Crippen LogP contribution in [0, 0.1) is 6.92 Å². The number of carbonyl (C=O) groups is 2. The summed E-state index contributed by atoms with van der Waals surface area (Å²) in [5, 5.41) is 2.58. The second-order valence-electron chi connectivity index (χ2n) is 7.60. The van der Waals surface area contributed by atoms with E-state index in [1.54, 1.807) is 12.1 Å². The van der Waals surface area contributed by atoms with Crippen LogP contribution in [0.1, 0.15) is 47.2 Å². The van der Waals surface area contributed by atoms with Crippen molar-refractivity contribution in [3.8, 4) is 5.75 Å². The van der Waals surface area contributed by atoms with Crippen molar-refractivity contribution in [2.75, 3.05) is 30.4 Å². The normalized spacial score (nSPS) is 13.9. The molecule has 1 heterocycles. The highest BCUT2D eigenvalue weighted by Gasteiger charge is 2.32. The molecule has 0 radical (unpaired) electrons. The number of anilines is 2. The summed E-state index contributed by atoms with van der Waals surface area (Å²) in [6, 6.07) is 8.57. The molecular formula is C23H25F3N2O3. The van der Waals surface area contributed by atoms with Gasteiger partial charge in [0.05, 0.1) is 29.6 Å². The molecule has 0 spiro atoms. The third-order valence-corrected chi connectivity index (χ3v) is 5.28. The number of nitrogens with one attached hydrogen (secondary N) is 1. The predicted molar refractivity (Wildman–Crippen MR) is 113 cm³/mol. The van der Waals surface area contributed by atoms with Crippen molar-refractivity contribution in [2.45, 2.75) is 38.8 Å². The molecule has 3 rings (SSSR count). The van der Waals surface area contributed by atoms with Gasteiger partial charge in [-0.15, -0.1) is 0 Å². The predicted octanol–water partition coefficient (Wildman–Crippen LogP) is 5.22. The summed E-state index contributed by atoms with van der Waals surface area (Å²) in [6.45, 7) is 3.29. The van der Waals surface area contributed by atoms with Gasteiger partial charge in [-0.2, -0.15) is 13.2 Å². The maximum atomic E-state index is 13.2. The van der Waals surface area contributed by atoms with Crippen LogP contribution < -0.4 is 15.0 Å². The largest absolute Gasteiger partial charge is 0.496 e. The minimum Gasteiger partial charge on any atom is -0.496 e. The Bertz CT molecular complexity index is 967. The van der Waals surface area contributed by atoms with Crippen LogP contribution in [0.25, 0.3) is 0 Å². The molecule has 166 valence electrons. The number of hydrogen-bond donors (Lipinski definition) is 1. The highest BCUT2D eigenvalue weighted by atomic mass is 19.4. The first-order valence-electron chi connectivity index (χ1n) is 10.1. The highest BCUT2D eigenvalue weighted by Crippen LogP contribution is 2.36. The lowest BCUT2D eigenvalue weighted by atomic mass is 10.0. The van der Waals surface area contributed by atoms with Crippen LogP contribution in [0.4, 0.5) is 24.5 Å². The minimum absolute atomic E-state index is 0.0797. The lowest BCUT2D eigenvalue weighted by molar-refractivity contribution is -0.137. The molecule has 1 N–H and O–H groups in total. The number of methoxy groups -OCH3 is 1. The number of nitrogens with zero attached hydrogens (tertiary/aromatic N) is 1. The van der Waals surface area contributed by atoms with Crippen molar-refractivity contribution in [3.05, 3.63) is 53.1 Å². The molecule has 0 aliphatic carbocycles. The topological polar surface area (TPSA) is 58.6 Å². The van der Waals surface area contributed by atoms with Crippen LogP contribution in [-0.2, 0) is 11.0 Å². The number of hydrogen-bond acceptors (Lipinski definition) is 4. The van der Waals surface area contributed by atoms with Crippen LogP contribution in [0.5, 0.6) is 5.75 Å². The molecule has 2 aromatic carbocycles. The van der Waals surface area contributed by atoms with E-state index in [9.17, 15) is 22.8 Å². The number of benzene rings is 2. The second kappa shape index (κ2) is 9.41. The molecule has 0 unspecified atom stereocenters. The van der Waals surface area contributed by atoms with Crippen LogP contribution >= 0.6 is 0 Å². The third-order valence-electron chi connectivity index (χ3n) is 5.28. The van der Waals surface area contributed by atoms with Gasteiger partial charge in [0.1, 0.15) is 5.75 Å². The van der Waals surface area contributed by atoms with Crippen molar-refractivity contribution in [3.63, 3.8) is 0 Å². The van der Waals surface area contributed by atoms with Crippen LogP contribution in [0.2, 0.25) is 0 Å². The Hall–Kier alpha value is -3.03. The molecule has 8 heteroatoms. The lowest BCUT2D eigenvalue weighted by Gasteiger charge is -2.23. The minimum atomic E-state index is -4.51.